The van der Waals surface area contributed by atoms with E-state index in [0.29, 0.717) is 5.92 Å². The topological polar surface area (TPSA) is 49.3 Å². The molecule has 4 heteroatoms. The summed E-state index contributed by atoms with van der Waals surface area (Å²) < 4.78 is 0. The third-order valence-corrected chi connectivity index (χ3v) is 3.76. The molecule has 0 amide bonds. The summed E-state index contributed by atoms with van der Waals surface area (Å²) in [5.74, 6) is 0.806. The molecule has 1 aliphatic heterocycles. The number of hydrogen-bond acceptors (Lipinski definition) is 3. The normalized spacial score (nSPS) is 33.3. The van der Waals surface area contributed by atoms with Gasteiger partial charge in [0.05, 0.1) is 4.87 Å². The van der Waals surface area contributed by atoms with Crippen LogP contribution in [0.15, 0.2) is 0 Å². The van der Waals surface area contributed by atoms with Crippen molar-refractivity contribution in [2.75, 3.05) is 5.75 Å². The average Bonchev–Trinajstić information content (AvgIpc) is 2.01. The zero-order valence-corrected chi connectivity index (χ0v) is 9.86. The molecular weight excluding hydrogens is 198 g/mol. The van der Waals surface area contributed by atoms with Gasteiger partial charge in [-0.05, 0) is 31.4 Å². The van der Waals surface area contributed by atoms with Crippen molar-refractivity contribution in [2.24, 2.45) is 5.92 Å². The fourth-order valence-electron chi connectivity index (χ4n) is 1.97. The van der Waals surface area contributed by atoms with Crippen LogP contribution in [0.1, 0.15) is 33.6 Å². The molecule has 3 nitrogen and oxygen atoms in total. The van der Waals surface area contributed by atoms with Crippen LogP contribution in [0.5, 0.6) is 0 Å². The molecule has 1 rings (SSSR count). The summed E-state index contributed by atoms with van der Waals surface area (Å²) in [4.78, 5) is 10.8. The zero-order valence-electron chi connectivity index (χ0n) is 9.04. The van der Waals surface area contributed by atoms with E-state index in [1.807, 2.05) is 11.8 Å². The summed E-state index contributed by atoms with van der Waals surface area (Å²) >= 11 is 1.84. The van der Waals surface area contributed by atoms with Crippen molar-refractivity contribution in [2.45, 2.75) is 44.5 Å². The quantitative estimate of drug-likeness (QED) is 0.758. The molecule has 0 saturated carbocycles. The van der Waals surface area contributed by atoms with Crippen LogP contribution in [0.4, 0.5) is 0 Å². The zero-order chi connectivity index (χ0) is 10.8. The lowest BCUT2D eigenvalue weighted by molar-refractivity contribution is -0.140. The Morgan fingerprint density at radius 2 is 2.36 bits per heavy atom. The second-order valence-electron chi connectivity index (χ2n) is 4.50. The number of aliphatic carboxylic acids is 1. The van der Waals surface area contributed by atoms with E-state index in [1.165, 1.54) is 0 Å². The lowest BCUT2D eigenvalue weighted by atomic mass is 10.0. The molecule has 82 valence electrons. The molecule has 2 N–H and O–H groups in total. The predicted molar refractivity (Wildman–Crippen MR) is 59.5 cm³/mol. The molecule has 14 heavy (non-hydrogen) atoms. The van der Waals surface area contributed by atoms with Gasteiger partial charge in [0, 0.05) is 0 Å². The largest absolute Gasteiger partial charge is 0.480 e. The smallest absolute Gasteiger partial charge is 0.320 e. The highest BCUT2D eigenvalue weighted by molar-refractivity contribution is 8.00. The first-order valence-electron chi connectivity index (χ1n) is 5.07. The molecule has 1 fully saturated rings. The summed E-state index contributed by atoms with van der Waals surface area (Å²) in [5, 5.41) is 12.2. The summed E-state index contributed by atoms with van der Waals surface area (Å²) in [6.07, 6.45) is 1.75. The Morgan fingerprint density at radius 1 is 1.71 bits per heavy atom. The van der Waals surface area contributed by atoms with Crippen molar-refractivity contribution in [1.29, 1.82) is 0 Å². The van der Waals surface area contributed by atoms with E-state index in [9.17, 15) is 4.79 Å². The van der Waals surface area contributed by atoms with Gasteiger partial charge in [0.15, 0.2) is 0 Å². The van der Waals surface area contributed by atoms with E-state index >= 15 is 0 Å². The number of nitrogens with one attached hydrogen (secondary N) is 1. The molecule has 1 saturated heterocycles. The lowest BCUT2D eigenvalue weighted by Gasteiger charge is -2.38. The van der Waals surface area contributed by atoms with E-state index in [4.69, 9.17) is 5.11 Å². The average molecular weight is 217 g/mol. The summed E-state index contributed by atoms with van der Waals surface area (Å²) in [6, 6.07) is -0.361. The Morgan fingerprint density at radius 3 is 2.86 bits per heavy atom. The Bertz CT molecular complexity index is 220. The third kappa shape index (κ3) is 3.17. The van der Waals surface area contributed by atoms with Crippen LogP contribution < -0.4 is 5.32 Å². The number of rotatable bonds is 3. The Hall–Kier alpha value is -0.220. The van der Waals surface area contributed by atoms with Gasteiger partial charge in [-0.3, -0.25) is 10.1 Å². The standard InChI is InChI=1S/C10H19NO2S/c1-7(2)6-10(3)11-8(9(12)13)4-5-14-10/h7-8,11H,4-6H2,1-3H3,(H,12,13). The minimum Gasteiger partial charge on any atom is -0.480 e. The SMILES string of the molecule is CC(C)CC1(C)NC(C(=O)O)CCS1. The first-order valence-corrected chi connectivity index (χ1v) is 6.06. The van der Waals surface area contributed by atoms with Gasteiger partial charge in [-0.1, -0.05) is 13.8 Å². The molecule has 0 aromatic heterocycles. The number of carbonyl (C=O) groups is 1. The van der Waals surface area contributed by atoms with Crippen LogP contribution in [0.3, 0.4) is 0 Å². The van der Waals surface area contributed by atoms with Gasteiger partial charge in [0.25, 0.3) is 0 Å². The van der Waals surface area contributed by atoms with Crippen molar-refractivity contribution in [3.63, 3.8) is 0 Å². The molecule has 1 aliphatic rings. The van der Waals surface area contributed by atoms with Gasteiger partial charge in [-0.25, -0.2) is 0 Å². The van der Waals surface area contributed by atoms with Crippen molar-refractivity contribution in [3.8, 4) is 0 Å². The maximum Gasteiger partial charge on any atom is 0.320 e. The van der Waals surface area contributed by atoms with Gasteiger partial charge in [0.2, 0.25) is 0 Å². The van der Waals surface area contributed by atoms with E-state index in [0.717, 1.165) is 18.6 Å². The Balaban J connectivity index is 2.57. The highest BCUT2D eigenvalue weighted by Gasteiger charge is 2.35. The predicted octanol–water partition coefficient (Wildman–Crippen LogP) is 1.93. The molecule has 0 bridgehead atoms. The van der Waals surface area contributed by atoms with Gasteiger partial charge < -0.3 is 5.11 Å². The summed E-state index contributed by atoms with van der Waals surface area (Å²) in [6.45, 7) is 6.43. The van der Waals surface area contributed by atoms with Crippen molar-refractivity contribution in [1.82, 2.24) is 5.32 Å². The molecule has 1 heterocycles. The van der Waals surface area contributed by atoms with Crippen LogP contribution in [-0.4, -0.2) is 27.7 Å². The first kappa shape index (κ1) is 11.9. The van der Waals surface area contributed by atoms with Crippen molar-refractivity contribution < 1.29 is 9.90 Å². The molecule has 2 unspecified atom stereocenters. The van der Waals surface area contributed by atoms with Crippen LogP contribution in [0, 0.1) is 5.92 Å². The first-order chi connectivity index (χ1) is 6.43. The maximum absolute atomic E-state index is 10.9. The van der Waals surface area contributed by atoms with Crippen molar-refractivity contribution >= 4 is 17.7 Å². The van der Waals surface area contributed by atoms with E-state index in [-0.39, 0.29) is 10.9 Å². The molecule has 0 radical (unpaired) electrons. The second kappa shape index (κ2) is 4.53. The lowest BCUT2D eigenvalue weighted by Crippen LogP contribution is -2.53. The van der Waals surface area contributed by atoms with Crippen LogP contribution in [0.2, 0.25) is 0 Å². The Kier molecular flexibility index (Phi) is 3.84. The van der Waals surface area contributed by atoms with Gasteiger partial charge in [-0.15, -0.1) is 11.8 Å². The van der Waals surface area contributed by atoms with Gasteiger partial charge in [0.1, 0.15) is 6.04 Å². The number of thioether (sulfide) groups is 1. The Labute approximate surface area is 89.6 Å². The number of carboxylic acid groups (broad SMARTS) is 1. The number of hydrogen-bond donors (Lipinski definition) is 2. The van der Waals surface area contributed by atoms with E-state index < -0.39 is 5.97 Å². The van der Waals surface area contributed by atoms with Gasteiger partial charge in [-0.2, -0.15) is 0 Å². The molecule has 0 aromatic rings. The molecule has 2 atom stereocenters. The monoisotopic (exact) mass is 217 g/mol. The van der Waals surface area contributed by atoms with Crippen LogP contribution >= 0.6 is 11.8 Å². The van der Waals surface area contributed by atoms with Gasteiger partial charge >= 0.3 is 5.97 Å². The van der Waals surface area contributed by atoms with Crippen molar-refractivity contribution in [3.05, 3.63) is 0 Å². The third-order valence-electron chi connectivity index (χ3n) is 2.40. The highest BCUT2D eigenvalue weighted by Crippen LogP contribution is 2.34. The maximum atomic E-state index is 10.9. The van der Waals surface area contributed by atoms with Crippen LogP contribution in [-0.2, 0) is 4.79 Å². The minimum absolute atomic E-state index is 0.0600. The summed E-state index contributed by atoms with van der Waals surface area (Å²) in [5.41, 5.74) is 0. The van der Waals surface area contributed by atoms with E-state index in [1.54, 1.807) is 0 Å². The van der Waals surface area contributed by atoms with E-state index in [2.05, 4.69) is 26.1 Å². The fourth-order valence-corrected chi connectivity index (χ4v) is 3.45. The molecule has 0 aliphatic carbocycles. The number of carboxylic acids is 1. The fraction of sp³-hybridized carbons (Fsp3) is 0.900. The van der Waals surface area contributed by atoms with Crippen LogP contribution in [0.25, 0.3) is 0 Å². The minimum atomic E-state index is -0.722. The molecular formula is C10H19NO2S. The molecule has 0 spiro atoms. The molecule has 0 aromatic carbocycles. The highest BCUT2D eigenvalue weighted by atomic mass is 32.2. The second-order valence-corrected chi connectivity index (χ2v) is 6.10. The summed E-state index contributed by atoms with van der Waals surface area (Å²) in [7, 11) is 0.